The lowest BCUT2D eigenvalue weighted by Crippen LogP contribution is -2.36. The molecule has 0 aromatic heterocycles. The number of rotatable bonds is 3. The van der Waals surface area contributed by atoms with Crippen LogP contribution in [0.25, 0.3) is 0 Å². The van der Waals surface area contributed by atoms with Gasteiger partial charge in [-0.05, 0) is 43.5 Å². The van der Waals surface area contributed by atoms with E-state index in [-0.39, 0.29) is 24.3 Å². The van der Waals surface area contributed by atoms with Crippen molar-refractivity contribution in [3.8, 4) is 0 Å². The maximum atomic E-state index is 12.2. The fourth-order valence-corrected chi connectivity index (χ4v) is 5.43. The first-order valence-corrected chi connectivity index (χ1v) is 9.64. The number of benzene rings is 1. The van der Waals surface area contributed by atoms with Crippen molar-refractivity contribution in [3.63, 3.8) is 0 Å². The van der Waals surface area contributed by atoms with Crippen molar-refractivity contribution in [2.24, 2.45) is 0 Å². The molecule has 3 N–H and O–H groups in total. The Kier molecular flexibility index (Phi) is 3.97. The van der Waals surface area contributed by atoms with Crippen LogP contribution in [-0.4, -0.2) is 33.6 Å². The Hall–Kier alpha value is -1.28. The first-order chi connectivity index (χ1) is 9.20. The van der Waals surface area contributed by atoms with E-state index in [1.54, 1.807) is 25.1 Å². The van der Waals surface area contributed by atoms with Gasteiger partial charge in [0.15, 0.2) is 0 Å². The van der Waals surface area contributed by atoms with Gasteiger partial charge in [0.1, 0.15) is 9.84 Å². The Morgan fingerprint density at radius 2 is 1.85 bits per heavy atom. The molecule has 2 rings (SSSR count). The lowest BCUT2D eigenvalue weighted by molar-refractivity contribution is 0.555. The Bertz CT molecular complexity index is 697. The fourth-order valence-electron chi connectivity index (χ4n) is 2.17. The van der Waals surface area contributed by atoms with E-state index < -0.39 is 25.1 Å². The number of sulfone groups is 1. The predicted octanol–water partition coefficient (Wildman–Crippen LogP) is 0.896. The van der Waals surface area contributed by atoms with Crippen LogP contribution in [0.15, 0.2) is 18.2 Å². The monoisotopic (exact) mass is 318 g/mol. The summed E-state index contributed by atoms with van der Waals surface area (Å²) in [5.41, 5.74) is 7.51. The molecule has 8 heteroatoms. The van der Waals surface area contributed by atoms with Gasteiger partial charge in [0.25, 0.3) is 0 Å². The highest BCUT2D eigenvalue weighted by Gasteiger charge is 2.32. The van der Waals surface area contributed by atoms with Crippen LogP contribution >= 0.6 is 0 Å². The number of nitrogens with one attached hydrogen (secondary N) is 1. The topological polar surface area (TPSA) is 106 Å². The lowest BCUT2D eigenvalue weighted by atomic mass is 10.2. The first kappa shape index (κ1) is 15.1. The van der Waals surface area contributed by atoms with Crippen LogP contribution in [-0.2, 0) is 19.9 Å². The molecule has 0 radical (unpaired) electrons. The number of aryl methyl sites for hydroxylation is 1. The average Bonchev–Trinajstić information content (AvgIpc) is 2.33. The molecule has 1 aliphatic heterocycles. The van der Waals surface area contributed by atoms with Crippen molar-refractivity contribution in [1.29, 1.82) is 0 Å². The normalized spacial score (nSPS) is 19.6. The zero-order chi connectivity index (χ0) is 15.0. The maximum Gasteiger partial charge on any atom is 0.235 e. The molecular formula is C12H18N2O4S2. The largest absolute Gasteiger partial charge is 0.399 e. The van der Waals surface area contributed by atoms with Gasteiger partial charge in [-0.3, -0.25) is 4.72 Å². The number of hydrogen-bond donors (Lipinski definition) is 2. The second-order valence-corrected chi connectivity index (χ2v) is 9.33. The molecule has 0 saturated carbocycles. The Balaban J connectivity index is 2.13. The van der Waals surface area contributed by atoms with E-state index >= 15 is 0 Å². The second-order valence-electron chi connectivity index (χ2n) is 5.07. The highest BCUT2D eigenvalue weighted by atomic mass is 32.2. The molecule has 0 amide bonds. The molecule has 1 aromatic rings. The number of anilines is 2. The lowest BCUT2D eigenvalue weighted by Gasteiger charge is -2.22. The summed E-state index contributed by atoms with van der Waals surface area (Å²) in [5.74, 6) is -0.140. The van der Waals surface area contributed by atoms with Gasteiger partial charge in [0.05, 0.1) is 16.8 Å². The van der Waals surface area contributed by atoms with Crippen LogP contribution in [0.5, 0.6) is 0 Å². The van der Waals surface area contributed by atoms with E-state index in [0.29, 0.717) is 11.4 Å². The van der Waals surface area contributed by atoms with Gasteiger partial charge < -0.3 is 5.73 Å². The van der Waals surface area contributed by atoms with Crippen LogP contribution in [0, 0.1) is 6.92 Å². The molecule has 0 bridgehead atoms. The highest BCUT2D eigenvalue weighted by Crippen LogP contribution is 2.23. The Morgan fingerprint density at radius 3 is 2.40 bits per heavy atom. The molecule has 6 nitrogen and oxygen atoms in total. The van der Waals surface area contributed by atoms with Gasteiger partial charge in [-0.25, -0.2) is 16.8 Å². The average molecular weight is 318 g/mol. The first-order valence-electron chi connectivity index (χ1n) is 6.28. The van der Waals surface area contributed by atoms with E-state index in [9.17, 15) is 16.8 Å². The van der Waals surface area contributed by atoms with Gasteiger partial charge in [-0.2, -0.15) is 0 Å². The van der Waals surface area contributed by atoms with E-state index in [0.717, 1.165) is 5.56 Å². The zero-order valence-corrected chi connectivity index (χ0v) is 12.8. The number of sulfonamides is 1. The van der Waals surface area contributed by atoms with Crippen molar-refractivity contribution >= 4 is 31.2 Å². The maximum absolute atomic E-state index is 12.2. The van der Waals surface area contributed by atoms with Crippen LogP contribution < -0.4 is 10.5 Å². The van der Waals surface area contributed by atoms with Gasteiger partial charge >= 0.3 is 0 Å². The summed E-state index contributed by atoms with van der Waals surface area (Å²) in [4.78, 5) is 0. The molecule has 1 saturated heterocycles. The molecule has 0 spiro atoms. The van der Waals surface area contributed by atoms with Crippen molar-refractivity contribution in [3.05, 3.63) is 23.8 Å². The van der Waals surface area contributed by atoms with Crippen molar-refractivity contribution in [1.82, 2.24) is 0 Å². The molecule has 0 atom stereocenters. The van der Waals surface area contributed by atoms with Gasteiger partial charge in [0, 0.05) is 11.4 Å². The van der Waals surface area contributed by atoms with Crippen molar-refractivity contribution in [2.75, 3.05) is 22.0 Å². The fraction of sp³-hybridized carbons (Fsp3) is 0.500. The van der Waals surface area contributed by atoms with E-state index in [1.165, 1.54) is 0 Å². The summed E-state index contributed by atoms with van der Waals surface area (Å²) in [6, 6.07) is 4.89. The van der Waals surface area contributed by atoms with Crippen LogP contribution in [0.2, 0.25) is 0 Å². The van der Waals surface area contributed by atoms with E-state index in [2.05, 4.69) is 4.72 Å². The Morgan fingerprint density at radius 1 is 1.25 bits per heavy atom. The van der Waals surface area contributed by atoms with Crippen LogP contribution in [0.3, 0.4) is 0 Å². The molecule has 20 heavy (non-hydrogen) atoms. The zero-order valence-electron chi connectivity index (χ0n) is 11.2. The van der Waals surface area contributed by atoms with E-state index in [1.807, 2.05) is 0 Å². The third-order valence-corrected chi connectivity index (χ3v) is 7.06. The second kappa shape index (κ2) is 5.25. The number of hydrogen-bond acceptors (Lipinski definition) is 5. The minimum atomic E-state index is -3.57. The number of nitrogen functional groups attached to an aromatic ring is 1. The van der Waals surface area contributed by atoms with Gasteiger partial charge in [-0.1, -0.05) is 0 Å². The standard InChI is InChI=1S/C12H18N2O4S2/c1-9-8-10(2-3-12(9)13)14-20(17,18)11-4-6-19(15,16)7-5-11/h2-3,8,11,14H,4-7,13H2,1H3. The van der Waals surface area contributed by atoms with E-state index in [4.69, 9.17) is 5.73 Å². The van der Waals surface area contributed by atoms with Gasteiger partial charge in [-0.15, -0.1) is 0 Å². The summed E-state index contributed by atoms with van der Waals surface area (Å²) in [6.07, 6.45) is 0.289. The van der Waals surface area contributed by atoms with Crippen molar-refractivity contribution in [2.45, 2.75) is 25.0 Å². The molecule has 1 fully saturated rings. The molecular weight excluding hydrogens is 300 g/mol. The molecule has 1 aliphatic rings. The van der Waals surface area contributed by atoms with Crippen molar-refractivity contribution < 1.29 is 16.8 Å². The summed E-state index contributed by atoms with van der Waals surface area (Å²) in [7, 11) is -6.64. The minimum absolute atomic E-state index is 0.0701. The number of nitrogens with two attached hydrogens (primary N) is 1. The minimum Gasteiger partial charge on any atom is -0.399 e. The van der Waals surface area contributed by atoms with Gasteiger partial charge in [0.2, 0.25) is 10.0 Å². The smallest absolute Gasteiger partial charge is 0.235 e. The van der Waals surface area contributed by atoms with Crippen LogP contribution in [0.1, 0.15) is 18.4 Å². The third-order valence-electron chi connectivity index (χ3n) is 3.47. The molecule has 0 unspecified atom stereocenters. The molecule has 0 aliphatic carbocycles. The molecule has 1 heterocycles. The quantitative estimate of drug-likeness (QED) is 0.805. The highest BCUT2D eigenvalue weighted by molar-refractivity contribution is 7.94. The summed E-state index contributed by atoms with van der Waals surface area (Å²) < 4.78 is 49.6. The predicted molar refractivity (Wildman–Crippen MR) is 79.8 cm³/mol. The molecule has 112 valence electrons. The summed E-state index contributed by atoms with van der Waals surface area (Å²) in [5, 5.41) is -0.663. The summed E-state index contributed by atoms with van der Waals surface area (Å²) >= 11 is 0. The third kappa shape index (κ3) is 3.43. The Labute approximate surface area is 119 Å². The SMILES string of the molecule is Cc1cc(NS(=O)(=O)C2CCS(=O)(=O)CC2)ccc1N. The molecule has 1 aromatic carbocycles. The summed E-state index contributed by atoms with van der Waals surface area (Å²) in [6.45, 7) is 1.79. The van der Waals surface area contributed by atoms with Crippen LogP contribution in [0.4, 0.5) is 11.4 Å².